The Morgan fingerprint density at radius 2 is 1.65 bits per heavy atom. The van der Waals surface area contributed by atoms with E-state index in [9.17, 15) is 8.42 Å². The third-order valence-corrected chi connectivity index (χ3v) is 6.67. The van der Waals surface area contributed by atoms with Crippen LogP contribution < -0.4 is 0 Å². The molecule has 0 bridgehead atoms. The summed E-state index contributed by atoms with van der Waals surface area (Å²) in [6.07, 6.45) is 4.83. The second-order valence-corrected chi connectivity index (χ2v) is 8.19. The Morgan fingerprint density at radius 3 is 2.39 bits per heavy atom. The van der Waals surface area contributed by atoms with E-state index in [0.717, 1.165) is 36.0 Å². The SMILES string of the molecule is O=S(=O)(N1CCCCC1)N1CC(c2cnc3ccccc3n2)C1. The standard InChI is InChI=1S/C16H20N4O2S/c21-23(22,19-8-4-1-5-9-19)20-11-13(12-20)16-10-17-14-6-2-3-7-15(14)18-16/h2-3,6-7,10,13H,1,4-5,8-9,11-12H2. The molecule has 3 heterocycles. The monoisotopic (exact) mass is 332 g/mol. The van der Waals surface area contributed by atoms with E-state index in [-0.39, 0.29) is 5.92 Å². The Hall–Kier alpha value is -1.57. The first-order valence-electron chi connectivity index (χ1n) is 8.11. The number of benzene rings is 1. The van der Waals surface area contributed by atoms with Gasteiger partial charge in [0.1, 0.15) is 0 Å². The van der Waals surface area contributed by atoms with Crippen molar-refractivity contribution >= 4 is 21.2 Å². The van der Waals surface area contributed by atoms with Gasteiger partial charge in [-0.15, -0.1) is 0 Å². The molecule has 6 nitrogen and oxygen atoms in total. The molecule has 2 saturated heterocycles. The lowest BCUT2D eigenvalue weighted by molar-refractivity contribution is 0.227. The smallest absolute Gasteiger partial charge is 0.253 e. The van der Waals surface area contributed by atoms with Gasteiger partial charge in [0.2, 0.25) is 0 Å². The maximum absolute atomic E-state index is 12.6. The minimum atomic E-state index is -3.29. The summed E-state index contributed by atoms with van der Waals surface area (Å²) in [5, 5.41) is 0. The first kappa shape index (κ1) is 15.0. The fraction of sp³-hybridized carbons (Fsp3) is 0.500. The van der Waals surface area contributed by atoms with Crippen LogP contribution in [0.25, 0.3) is 11.0 Å². The van der Waals surface area contributed by atoms with Crippen molar-refractivity contribution in [1.29, 1.82) is 0 Å². The normalized spacial score (nSPS) is 21.4. The van der Waals surface area contributed by atoms with Gasteiger partial charge in [0.05, 0.1) is 16.7 Å². The van der Waals surface area contributed by atoms with Crippen molar-refractivity contribution in [3.63, 3.8) is 0 Å². The van der Waals surface area contributed by atoms with Crippen molar-refractivity contribution in [1.82, 2.24) is 18.6 Å². The van der Waals surface area contributed by atoms with Crippen LogP contribution in [0.1, 0.15) is 30.9 Å². The maximum atomic E-state index is 12.6. The summed E-state index contributed by atoms with van der Waals surface area (Å²) in [4.78, 5) is 9.05. The molecule has 0 saturated carbocycles. The average molecular weight is 332 g/mol. The van der Waals surface area contributed by atoms with Crippen LogP contribution in [0.2, 0.25) is 0 Å². The fourth-order valence-electron chi connectivity index (χ4n) is 3.24. The Morgan fingerprint density at radius 1 is 0.957 bits per heavy atom. The number of hydrogen-bond acceptors (Lipinski definition) is 4. The van der Waals surface area contributed by atoms with Crippen LogP contribution in [-0.2, 0) is 10.2 Å². The molecule has 4 rings (SSSR count). The number of hydrogen-bond donors (Lipinski definition) is 0. The van der Waals surface area contributed by atoms with Gasteiger partial charge in [-0.05, 0) is 25.0 Å². The lowest BCUT2D eigenvalue weighted by atomic mass is 10.00. The van der Waals surface area contributed by atoms with Crippen LogP contribution in [0.15, 0.2) is 30.5 Å². The lowest BCUT2D eigenvalue weighted by Gasteiger charge is -2.41. The van der Waals surface area contributed by atoms with E-state index in [0.29, 0.717) is 26.2 Å². The third kappa shape index (κ3) is 2.73. The highest BCUT2D eigenvalue weighted by atomic mass is 32.2. The quantitative estimate of drug-likeness (QED) is 0.859. The van der Waals surface area contributed by atoms with Gasteiger partial charge in [-0.1, -0.05) is 18.6 Å². The number of nitrogens with zero attached hydrogens (tertiary/aromatic N) is 4. The molecule has 2 aliphatic rings. The number of piperidine rings is 1. The molecule has 2 aliphatic heterocycles. The van der Waals surface area contributed by atoms with Gasteiger partial charge in [0.25, 0.3) is 10.2 Å². The number of para-hydroxylation sites is 2. The molecule has 23 heavy (non-hydrogen) atoms. The first-order valence-corrected chi connectivity index (χ1v) is 9.51. The van der Waals surface area contributed by atoms with Crippen molar-refractivity contribution in [2.24, 2.45) is 0 Å². The van der Waals surface area contributed by atoms with E-state index < -0.39 is 10.2 Å². The molecular formula is C16H20N4O2S. The van der Waals surface area contributed by atoms with E-state index in [1.807, 2.05) is 24.3 Å². The number of fused-ring (bicyclic) bond motifs is 1. The zero-order chi connectivity index (χ0) is 15.9. The molecule has 0 spiro atoms. The van der Waals surface area contributed by atoms with Gasteiger partial charge in [-0.3, -0.25) is 4.98 Å². The van der Waals surface area contributed by atoms with Crippen LogP contribution >= 0.6 is 0 Å². The summed E-state index contributed by atoms with van der Waals surface area (Å²) < 4.78 is 28.3. The summed E-state index contributed by atoms with van der Waals surface area (Å²) in [5.74, 6) is 0.145. The van der Waals surface area contributed by atoms with Crippen LogP contribution in [-0.4, -0.2) is 53.2 Å². The van der Waals surface area contributed by atoms with Crippen LogP contribution in [0.5, 0.6) is 0 Å². The molecule has 2 aromatic rings. The molecule has 2 fully saturated rings. The van der Waals surface area contributed by atoms with Gasteiger partial charge in [0.15, 0.2) is 0 Å². The van der Waals surface area contributed by atoms with Crippen LogP contribution in [0.4, 0.5) is 0 Å². The summed E-state index contributed by atoms with van der Waals surface area (Å²) in [6, 6.07) is 7.74. The van der Waals surface area contributed by atoms with Crippen molar-refractivity contribution in [2.45, 2.75) is 25.2 Å². The second kappa shape index (κ2) is 5.81. The zero-order valence-electron chi connectivity index (χ0n) is 12.9. The van der Waals surface area contributed by atoms with E-state index in [2.05, 4.69) is 9.97 Å². The molecule has 1 aromatic heterocycles. The maximum Gasteiger partial charge on any atom is 0.282 e. The lowest BCUT2D eigenvalue weighted by Crippen LogP contribution is -2.55. The van der Waals surface area contributed by atoms with E-state index in [1.54, 1.807) is 14.8 Å². The van der Waals surface area contributed by atoms with Gasteiger partial charge in [-0.2, -0.15) is 17.0 Å². The van der Waals surface area contributed by atoms with Gasteiger partial charge in [0, 0.05) is 38.3 Å². The van der Waals surface area contributed by atoms with E-state index in [4.69, 9.17) is 0 Å². The summed E-state index contributed by atoms with van der Waals surface area (Å²) >= 11 is 0. The van der Waals surface area contributed by atoms with Crippen molar-refractivity contribution < 1.29 is 8.42 Å². The highest BCUT2D eigenvalue weighted by Crippen LogP contribution is 2.30. The summed E-state index contributed by atoms with van der Waals surface area (Å²) in [6.45, 7) is 2.32. The molecule has 0 radical (unpaired) electrons. The molecule has 0 unspecified atom stereocenters. The highest BCUT2D eigenvalue weighted by molar-refractivity contribution is 7.86. The number of aromatic nitrogens is 2. The van der Waals surface area contributed by atoms with Crippen molar-refractivity contribution in [3.8, 4) is 0 Å². The summed E-state index contributed by atoms with van der Waals surface area (Å²) in [7, 11) is -3.29. The first-order chi connectivity index (χ1) is 11.1. The molecule has 1 aromatic carbocycles. The van der Waals surface area contributed by atoms with Gasteiger partial charge >= 0.3 is 0 Å². The molecule has 0 atom stereocenters. The predicted molar refractivity (Wildman–Crippen MR) is 88.2 cm³/mol. The predicted octanol–water partition coefficient (Wildman–Crippen LogP) is 1.76. The minimum absolute atomic E-state index is 0.145. The third-order valence-electron chi connectivity index (χ3n) is 4.70. The Kier molecular flexibility index (Phi) is 3.79. The van der Waals surface area contributed by atoms with Gasteiger partial charge in [-0.25, -0.2) is 4.98 Å². The Balaban J connectivity index is 1.47. The Bertz CT molecular complexity index is 812. The Labute approximate surface area is 136 Å². The molecule has 0 aliphatic carbocycles. The van der Waals surface area contributed by atoms with Crippen LogP contribution in [0, 0.1) is 0 Å². The van der Waals surface area contributed by atoms with Gasteiger partial charge < -0.3 is 0 Å². The molecule has 7 heteroatoms. The molecular weight excluding hydrogens is 312 g/mol. The molecule has 0 N–H and O–H groups in total. The van der Waals surface area contributed by atoms with Crippen molar-refractivity contribution in [3.05, 3.63) is 36.2 Å². The zero-order valence-corrected chi connectivity index (χ0v) is 13.7. The largest absolute Gasteiger partial charge is 0.282 e. The minimum Gasteiger partial charge on any atom is -0.253 e. The van der Waals surface area contributed by atoms with Crippen LogP contribution in [0.3, 0.4) is 0 Å². The average Bonchev–Trinajstić information content (AvgIpc) is 2.54. The fourth-order valence-corrected chi connectivity index (χ4v) is 5.02. The highest BCUT2D eigenvalue weighted by Gasteiger charge is 2.40. The molecule has 0 amide bonds. The van der Waals surface area contributed by atoms with Crippen molar-refractivity contribution in [2.75, 3.05) is 26.2 Å². The topological polar surface area (TPSA) is 66.4 Å². The van der Waals surface area contributed by atoms with E-state index >= 15 is 0 Å². The molecule has 122 valence electrons. The van der Waals surface area contributed by atoms with E-state index in [1.165, 1.54) is 0 Å². The second-order valence-electron chi connectivity index (χ2n) is 6.26. The summed E-state index contributed by atoms with van der Waals surface area (Å²) in [5.41, 5.74) is 2.62. The number of rotatable bonds is 3.